The Morgan fingerprint density at radius 1 is 1.32 bits per heavy atom. The number of hydrogen-bond acceptors (Lipinski definition) is 3. The molecule has 1 aliphatic carbocycles. The molecule has 1 aromatic carbocycles. The van der Waals surface area contributed by atoms with E-state index >= 15 is 0 Å². The van der Waals surface area contributed by atoms with Gasteiger partial charge in [0.05, 0.1) is 11.2 Å². The number of anilines is 1. The quantitative estimate of drug-likeness (QED) is 0.893. The molecule has 0 aliphatic heterocycles. The van der Waals surface area contributed by atoms with Crippen molar-refractivity contribution in [3.05, 3.63) is 36.0 Å². The summed E-state index contributed by atoms with van der Waals surface area (Å²) in [4.78, 5) is 7.09. The Bertz CT molecular complexity index is 575. The number of hydrogen-bond donors (Lipinski definition) is 1. The van der Waals surface area contributed by atoms with Crippen molar-refractivity contribution in [3.8, 4) is 0 Å². The van der Waals surface area contributed by atoms with Crippen LogP contribution in [0.2, 0.25) is 0 Å². The van der Waals surface area contributed by atoms with Crippen molar-refractivity contribution in [2.45, 2.75) is 26.3 Å². The highest BCUT2D eigenvalue weighted by Crippen LogP contribution is 2.33. The average molecular weight is 255 g/mol. The number of nitrogens with two attached hydrogens (primary N) is 1. The Morgan fingerprint density at radius 3 is 2.79 bits per heavy atom. The van der Waals surface area contributed by atoms with Crippen LogP contribution in [0.15, 0.2) is 30.3 Å². The van der Waals surface area contributed by atoms with Crippen molar-refractivity contribution in [1.82, 2.24) is 4.98 Å². The lowest BCUT2D eigenvalue weighted by Crippen LogP contribution is -2.25. The second-order valence-electron chi connectivity index (χ2n) is 5.34. The van der Waals surface area contributed by atoms with Gasteiger partial charge >= 0.3 is 0 Å². The maximum Gasteiger partial charge on any atom is 0.0726 e. The summed E-state index contributed by atoms with van der Waals surface area (Å²) in [5, 5.41) is 1.24. The van der Waals surface area contributed by atoms with E-state index in [1.54, 1.807) is 0 Å². The van der Waals surface area contributed by atoms with Crippen molar-refractivity contribution in [2.75, 3.05) is 18.0 Å². The normalized spacial score (nSPS) is 14.8. The number of nitrogens with zero attached hydrogens (tertiary/aromatic N) is 2. The van der Waals surface area contributed by atoms with Gasteiger partial charge in [0.2, 0.25) is 0 Å². The second kappa shape index (κ2) is 5.17. The molecule has 0 radical (unpaired) electrons. The predicted molar refractivity (Wildman–Crippen MR) is 80.2 cm³/mol. The van der Waals surface area contributed by atoms with Crippen molar-refractivity contribution < 1.29 is 0 Å². The Balaban J connectivity index is 2.07. The number of aromatic nitrogens is 1. The molecule has 2 aromatic rings. The van der Waals surface area contributed by atoms with Crippen LogP contribution >= 0.6 is 0 Å². The summed E-state index contributed by atoms with van der Waals surface area (Å²) >= 11 is 0. The number of pyridine rings is 1. The Hall–Kier alpha value is -1.61. The third kappa shape index (κ3) is 2.56. The number of fused-ring (bicyclic) bond motifs is 1. The molecule has 1 aliphatic rings. The first kappa shape index (κ1) is 12.4. The zero-order chi connectivity index (χ0) is 13.2. The topological polar surface area (TPSA) is 42.1 Å². The standard InChI is InChI=1S/C16H21N3/c1-2-19(11-12-7-8-12)16-9-13(10-17)18-15-6-4-3-5-14(15)16/h3-6,9,12H,2,7-8,10-11,17H2,1H3. The SMILES string of the molecule is CCN(CC1CC1)c1cc(CN)nc2ccccc12. The van der Waals surface area contributed by atoms with E-state index in [0.717, 1.165) is 30.2 Å². The van der Waals surface area contributed by atoms with Crippen LogP contribution in [0.4, 0.5) is 5.69 Å². The van der Waals surface area contributed by atoms with Crippen LogP contribution in [0.5, 0.6) is 0 Å². The molecular weight excluding hydrogens is 234 g/mol. The molecule has 1 saturated carbocycles. The van der Waals surface area contributed by atoms with E-state index < -0.39 is 0 Å². The van der Waals surface area contributed by atoms with Gasteiger partial charge in [0.25, 0.3) is 0 Å². The molecule has 0 bridgehead atoms. The number of para-hydroxylation sites is 1. The van der Waals surface area contributed by atoms with E-state index in [9.17, 15) is 0 Å². The molecule has 0 spiro atoms. The largest absolute Gasteiger partial charge is 0.371 e. The predicted octanol–water partition coefficient (Wildman–Crippen LogP) is 2.93. The molecule has 3 rings (SSSR count). The van der Waals surface area contributed by atoms with Gasteiger partial charge in [-0.05, 0) is 37.8 Å². The summed E-state index contributed by atoms with van der Waals surface area (Å²) in [5.41, 5.74) is 9.10. The lowest BCUT2D eigenvalue weighted by atomic mass is 10.1. The summed E-state index contributed by atoms with van der Waals surface area (Å²) in [6, 6.07) is 10.5. The zero-order valence-corrected chi connectivity index (χ0v) is 11.5. The average Bonchev–Trinajstić information content (AvgIpc) is 3.27. The smallest absolute Gasteiger partial charge is 0.0726 e. The van der Waals surface area contributed by atoms with E-state index in [0.29, 0.717) is 6.54 Å². The van der Waals surface area contributed by atoms with Crippen molar-refractivity contribution in [1.29, 1.82) is 0 Å². The van der Waals surface area contributed by atoms with Crippen LogP contribution in [0.25, 0.3) is 10.9 Å². The van der Waals surface area contributed by atoms with Gasteiger partial charge < -0.3 is 10.6 Å². The molecule has 0 saturated heterocycles. The molecule has 100 valence electrons. The first-order valence-corrected chi connectivity index (χ1v) is 7.15. The highest BCUT2D eigenvalue weighted by Gasteiger charge is 2.24. The van der Waals surface area contributed by atoms with Gasteiger partial charge in [-0.3, -0.25) is 4.98 Å². The minimum absolute atomic E-state index is 0.499. The van der Waals surface area contributed by atoms with Crippen molar-refractivity contribution in [2.24, 2.45) is 11.7 Å². The molecule has 1 heterocycles. The maximum absolute atomic E-state index is 5.78. The third-order valence-electron chi connectivity index (χ3n) is 3.85. The second-order valence-corrected chi connectivity index (χ2v) is 5.34. The molecule has 0 amide bonds. The Kier molecular flexibility index (Phi) is 3.38. The van der Waals surface area contributed by atoms with Crippen LogP contribution in [0.1, 0.15) is 25.5 Å². The monoisotopic (exact) mass is 255 g/mol. The van der Waals surface area contributed by atoms with E-state index in [1.807, 2.05) is 6.07 Å². The molecule has 2 N–H and O–H groups in total. The minimum atomic E-state index is 0.499. The van der Waals surface area contributed by atoms with Gasteiger partial charge in [-0.15, -0.1) is 0 Å². The maximum atomic E-state index is 5.78. The summed E-state index contributed by atoms with van der Waals surface area (Å²) < 4.78 is 0. The van der Waals surface area contributed by atoms with Gasteiger partial charge in [0.1, 0.15) is 0 Å². The van der Waals surface area contributed by atoms with Crippen LogP contribution in [-0.2, 0) is 6.54 Å². The first-order valence-electron chi connectivity index (χ1n) is 7.15. The fourth-order valence-electron chi connectivity index (χ4n) is 2.59. The summed E-state index contributed by atoms with van der Waals surface area (Å²) in [6.07, 6.45) is 2.76. The Labute approximate surface area is 114 Å². The molecule has 0 unspecified atom stereocenters. The summed E-state index contributed by atoms with van der Waals surface area (Å²) in [7, 11) is 0. The van der Waals surface area contributed by atoms with Gasteiger partial charge in [-0.2, -0.15) is 0 Å². The molecular formula is C16H21N3. The first-order chi connectivity index (χ1) is 9.31. The number of rotatable bonds is 5. The van der Waals surface area contributed by atoms with E-state index in [2.05, 4.69) is 41.1 Å². The molecule has 1 fully saturated rings. The summed E-state index contributed by atoms with van der Waals surface area (Å²) in [6.45, 7) is 4.92. The summed E-state index contributed by atoms with van der Waals surface area (Å²) in [5.74, 6) is 0.883. The fourth-order valence-corrected chi connectivity index (χ4v) is 2.59. The molecule has 0 atom stereocenters. The molecule has 3 nitrogen and oxygen atoms in total. The van der Waals surface area contributed by atoms with E-state index in [4.69, 9.17) is 5.73 Å². The van der Waals surface area contributed by atoms with Crippen molar-refractivity contribution >= 4 is 16.6 Å². The minimum Gasteiger partial charge on any atom is -0.371 e. The fraction of sp³-hybridized carbons (Fsp3) is 0.438. The highest BCUT2D eigenvalue weighted by molar-refractivity contribution is 5.92. The molecule has 19 heavy (non-hydrogen) atoms. The van der Waals surface area contributed by atoms with Gasteiger partial charge in [0.15, 0.2) is 0 Å². The number of benzene rings is 1. The highest BCUT2D eigenvalue weighted by atomic mass is 15.1. The van der Waals surface area contributed by atoms with Gasteiger partial charge in [0, 0.05) is 30.7 Å². The molecule has 1 aromatic heterocycles. The zero-order valence-electron chi connectivity index (χ0n) is 11.5. The molecule has 3 heteroatoms. The third-order valence-corrected chi connectivity index (χ3v) is 3.85. The van der Waals surface area contributed by atoms with Crippen molar-refractivity contribution in [3.63, 3.8) is 0 Å². The van der Waals surface area contributed by atoms with E-state index in [-0.39, 0.29) is 0 Å². The Morgan fingerprint density at radius 2 is 2.11 bits per heavy atom. The van der Waals surface area contributed by atoms with Gasteiger partial charge in [-0.25, -0.2) is 0 Å². The lowest BCUT2D eigenvalue weighted by Gasteiger charge is -2.25. The van der Waals surface area contributed by atoms with Crippen LogP contribution in [0.3, 0.4) is 0 Å². The van der Waals surface area contributed by atoms with Crippen LogP contribution in [0, 0.1) is 5.92 Å². The van der Waals surface area contributed by atoms with Crippen LogP contribution in [-0.4, -0.2) is 18.1 Å². The van der Waals surface area contributed by atoms with Gasteiger partial charge in [-0.1, -0.05) is 18.2 Å². The lowest BCUT2D eigenvalue weighted by molar-refractivity contribution is 0.743. The van der Waals surface area contributed by atoms with Crippen LogP contribution < -0.4 is 10.6 Å². The van der Waals surface area contributed by atoms with E-state index in [1.165, 1.54) is 23.9 Å².